The zero-order chi connectivity index (χ0) is 17.6. The van der Waals surface area contributed by atoms with Crippen molar-refractivity contribution in [1.82, 2.24) is 9.88 Å². The van der Waals surface area contributed by atoms with Crippen LogP contribution in [0.1, 0.15) is 58.6 Å². The van der Waals surface area contributed by atoms with Gasteiger partial charge in [-0.15, -0.1) is 0 Å². The fraction of sp³-hybridized carbons (Fsp3) is 0.700. The molecule has 5 rings (SSSR count). The van der Waals surface area contributed by atoms with E-state index >= 15 is 0 Å². The number of rotatable bonds is 2. The lowest BCUT2D eigenvalue weighted by atomic mass is 9.71. The molecule has 2 aliphatic carbocycles. The number of nitrogens with zero attached hydrogens (tertiary/aromatic N) is 3. The van der Waals surface area contributed by atoms with E-state index in [1.54, 1.807) is 0 Å². The summed E-state index contributed by atoms with van der Waals surface area (Å²) in [6.07, 6.45) is 8.18. The van der Waals surface area contributed by atoms with Gasteiger partial charge in [0, 0.05) is 34.8 Å². The van der Waals surface area contributed by atoms with Gasteiger partial charge in [-0.3, -0.25) is 14.7 Å². The van der Waals surface area contributed by atoms with Crippen molar-refractivity contribution in [3.05, 3.63) is 22.4 Å². The van der Waals surface area contributed by atoms with Gasteiger partial charge in [0.05, 0.1) is 16.8 Å². The van der Waals surface area contributed by atoms with Gasteiger partial charge in [-0.05, 0) is 80.8 Å². The maximum Gasteiger partial charge on any atom is 0.239 e. The van der Waals surface area contributed by atoms with Crippen LogP contribution in [0.4, 0.5) is 5.69 Å². The van der Waals surface area contributed by atoms with Crippen molar-refractivity contribution in [2.45, 2.75) is 75.9 Å². The quantitative estimate of drug-likeness (QED) is 0.751. The van der Waals surface area contributed by atoms with Crippen molar-refractivity contribution in [2.24, 2.45) is 5.92 Å². The molecule has 1 aromatic heterocycles. The Morgan fingerprint density at radius 1 is 1.20 bits per heavy atom. The van der Waals surface area contributed by atoms with E-state index in [0.717, 1.165) is 40.7 Å². The highest BCUT2D eigenvalue weighted by atomic mass is 79.9. The number of aromatic nitrogens is 1. The minimum Gasteiger partial charge on any atom is -0.307 e. The first-order valence-corrected chi connectivity index (χ1v) is 10.4. The maximum absolute atomic E-state index is 13.1. The molecule has 0 N–H and O–H groups in total. The predicted molar refractivity (Wildman–Crippen MR) is 102 cm³/mol. The SMILES string of the molecule is CC1(C)C(=O)N(C2CC(C)(N3C[C@H]4CC[C@@H]3C4)C2)c2cc(Br)cnc21. The summed E-state index contributed by atoms with van der Waals surface area (Å²) in [5, 5.41) is 0. The number of carbonyl (C=O) groups is 1. The summed E-state index contributed by atoms with van der Waals surface area (Å²) >= 11 is 3.53. The molecule has 2 atom stereocenters. The average Bonchev–Trinajstić information content (AvgIpc) is 3.19. The van der Waals surface area contributed by atoms with Gasteiger partial charge in [0.15, 0.2) is 0 Å². The Balaban J connectivity index is 1.41. The van der Waals surface area contributed by atoms with Crippen LogP contribution in [0.25, 0.3) is 0 Å². The lowest BCUT2D eigenvalue weighted by molar-refractivity contribution is -0.124. The number of amides is 1. The number of pyridine rings is 1. The molecule has 2 aliphatic heterocycles. The normalized spacial score (nSPS) is 39.0. The minimum atomic E-state index is -0.519. The van der Waals surface area contributed by atoms with Crippen LogP contribution in [0.5, 0.6) is 0 Å². The molecule has 0 unspecified atom stereocenters. The van der Waals surface area contributed by atoms with Gasteiger partial charge in [0.2, 0.25) is 5.91 Å². The summed E-state index contributed by atoms with van der Waals surface area (Å²) in [5.41, 5.74) is 1.69. The van der Waals surface area contributed by atoms with E-state index in [9.17, 15) is 4.79 Å². The molecule has 2 saturated carbocycles. The molecule has 2 bridgehead atoms. The Hall–Kier alpha value is -0.940. The molecule has 1 amide bonds. The molecular formula is C20H26BrN3O. The Bertz CT molecular complexity index is 755. The Labute approximate surface area is 158 Å². The van der Waals surface area contributed by atoms with Crippen molar-refractivity contribution >= 4 is 27.5 Å². The van der Waals surface area contributed by atoms with E-state index in [2.05, 4.69) is 43.7 Å². The molecule has 4 aliphatic rings. The molecule has 1 aromatic rings. The van der Waals surface area contributed by atoms with E-state index < -0.39 is 5.41 Å². The summed E-state index contributed by atoms with van der Waals surface area (Å²) in [6, 6.07) is 3.18. The molecule has 134 valence electrons. The van der Waals surface area contributed by atoms with Crippen molar-refractivity contribution in [3.8, 4) is 0 Å². The monoisotopic (exact) mass is 403 g/mol. The third kappa shape index (κ3) is 2.14. The summed E-state index contributed by atoms with van der Waals surface area (Å²) in [7, 11) is 0. The largest absolute Gasteiger partial charge is 0.307 e. The number of likely N-dealkylation sites (tertiary alicyclic amines) is 1. The summed E-state index contributed by atoms with van der Waals surface area (Å²) in [5.74, 6) is 1.14. The van der Waals surface area contributed by atoms with Gasteiger partial charge >= 0.3 is 0 Å². The van der Waals surface area contributed by atoms with Gasteiger partial charge in [-0.1, -0.05) is 0 Å². The number of piperidine rings is 1. The lowest BCUT2D eigenvalue weighted by Crippen LogP contribution is -2.64. The van der Waals surface area contributed by atoms with E-state index in [0.29, 0.717) is 6.04 Å². The van der Waals surface area contributed by atoms with Crippen molar-refractivity contribution < 1.29 is 4.79 Å². The highest BCUT2D eigenvalue weighted by Crippen LogP contribution is 2.52. The highest BCUT2D eigenvalue weighted by molar-refractivity contribution is 9.10. The summed E-state index contributed by atoms with van der Waals surface area (Å²) in [4.78, 5) is 22.6. The van der Waals surface area contributed by atoms with Crippen LogP contribution in [-0.2, 0) is 10.2 Å². The molecule has 0 radical (unpaired) electrons. The van der Waals surface area contributed by atoms with Gasteiger partial charge < -0.3 is 4.90 Å². The van der Waals surface area contributed by atoms with E-state index in [4.69, 9.17) is 0 Å². The fourth-order valence-electron chi connectivity index (χ4n) is 5.93. The first-order valence-electron chi connectivity index (χ1n) is 9.56. The van der Waals surface area contributed by atoms with Gasteiger partial charge in [0.1, 0.15) is 0 Å². The van der Waals surface area contributed by atoms with E-state index in [1.165, 1.54) is 25.8 Å². The standard InChI is InChI=1S/C20H26BrN3O/c1-19(2)17-16(7-13(21)10-22-17)24(18(19)25)15-8-20(3,9-15)23-11-12-4-5-14(23)6-12/h7,10,12,14-15H,4-6,8-9,11H2,1-3H3/t12-,14+,15?,20?/m0/s1. The predicted octanol–water partition coefficient (Wildman–Crippen LogP) is 3.87. The first kappa shape index (κ1) is 16.2. The second-order valence-electron chi connectivity index (χ2n) is 9.37. The maximum atomic E-state index is 13.1. The van der Waals surface area contributed by atoms with Crippen LogP contribution in [0, 0.1) is 5.92 Å². The first-order chi connectivity index (χ1) is 11.8. The Morgan fingerprint density at radius 2 is 1.96 bits per heavy atom. The van der Waals surface area contributed by atoms with Crippen molar-refractivity contribution in [2.75, 3.05) is 11.4 Å². The molecule has 3 heterocycles. The van der Waals surface area contributed by atoms with Crippen LogP contribution >= 0.6 is 15.9 Å². The minimum absolute atomic E-state index is 0.211. The van der Waals surface area contributed by atoms with Crippen LogP contribution < -0.4 is 4.90 Å². The zero-order valence-electron chi connectivity index (χ0n) is 15.3. The second-order valence-corrected chi connectivity index (χ2v) is 10.3. The molecule has 5 heteroatoms. The van der Waals surface area contributed by atoms with Crippen molar-refractivity contribution in [1.29, 1.82) is 0 Å². The van der Waals surface area contributed by atoms with Gasteiger partial charge in [-0.25, -0.2) is 0 Å². The number of fused-ring (bicyclic) bond motifs is 3. The summed E-state index contributed by atoms with van der Waals surface area (Å²) < 4.78 is 0.945. The molecule has 25 heavy (non-hydrogen) atoms. The summed E-state index contributed by atoms with van der Waals surface area (Å²) in [6.45, 7) is 7.70. The molecule has 1 saturated heterocycles. The average molecular weight is 404 g/mol. The Morgan fingerprint density at radius 3 is 2.60 bits per heavy atom. The smallest absolute Gasteiger partial charge is 0.239 e. The molecule has 4 nitrogen and oxygen atoms in total. The second kappa shape index (κ2) is 5.07. The van der Waals surface area contributed by atoms with Gasteiger partial charge in [-0.2, -0.15) is 0 Å². The van der Waals surface area contributed by atoms with Crippen LogP contribution in [0.3, 0.4) is 0 Å². The van der Waals surface area contributed by atoms with Gasteiger partial charge in [0.25, 0.3) is 0 Å². The van der Waals surface area contributed by atoms with Crippen LogP contribution in [0.15, 0.2) is 16.7 Å². The molecule has 0 spiro atoms. The number of hydrogen-bond acceptors (Lipinski definition) is 3. The van der Waals surface area contributed by atoms with E-state index in [1.807, 2.05) is 20.0 Å². The number of hydrogen-bond donors (Lipinski definition) is 0. The van der Waals surface area contributed by atoms with Crippen LogP contribution in [0.2, 0.25) is 0 Å². The fourth-order valence-corrected chi connectivity index (χ4v) is 6.25. The zero-order valence-corrected chi connectivity index (χ0v) is 16.8. The molecule has 3 fully saturated rings. The lowest BCUT2D eigenvalue weighted by Gasteiger charge is -2.56. The van der Waals surface area contributed by atoms with E-state index in [-0.39, 0.29) is 11.4 Å². The van der Waals surface area contributed by atoms with Crippen molar-refractivity contribution in [3.63, 3.8) is 0 Å². The number of halogens is 1. The van der Waals surface area contributed by atoms with Crippen LogP contribution in [-0.4, -0.2) is 40.0 Å². The number of carbonyl (C=O) groups excluding carboxylic acids is 1. The molecule has 0 aromatic carbocycles. The Kier molecular flexibility index (Phi) is 3.29. The number of anilines is 1. The third-order valence-electron chi connectivity index (χ3n) is 7.26. The topological polar surface area (TPSA) is 36.4 Å². The highest BCUT2D eigenvalue weighted by Gasteiger charge is 2.57. The molecular weight excluding hydrogens is 378 g/mol. The third-order valence-corrected chi connectivity index (χ3v) is 7.69.